The number of nitrogen functional groups attached to an aromatic ring is 1. The highest BCUT2D eigenvalue weighted by atomic mass is 32.2. The lowest BCUT2D eigenvalue weighted by Gasteiger charge is -2.28. The molecule has 0 bridgehead atoms. The van der Waals surface area contributed by atoms with Crippen LogP contribution >= 0.6 is 11.8 Å². The lowest BCUT2D eigenvalue weighted by atomic mass is 9.95. The maximum Gasteiger partial charge on any atom is 0.270 e. The Balaban J connectivity index is 1.96. The summed E-state index contributed by atoms with van der Waals surface area (Å²) in [4.78, 5) is 16.3. The first-order valence-corrected chi connectivity index (χ1v) is 7.79. The molecule has 2 atom stereocenters. The predicted molar refractivity (Wildman–Crippen MR) is 79.1 cm³/mol. The third-order valence-electron chi connectivity index (χ3n) is 3.42. The summed E-state index contributed by atoms with van der Waals surface area (Å²) in [6.45, 7) is 0. The van der Waals surface area contributed by atoms with E-state index in [2.05, 4.69) is 22.0 Å². The average Bonchev–Trinajstić information content (AvgIpc) is 2.47. The van der Waals surface area contributed by atoms with E-state index < -0.39 is 0 Å². The molecule has 2 unspecified atom stereocenters. The van der Waals surface area contributed by atoms with Crippen LogP contribution < -0.4 is 16.6 Å². The van der Waals surface area contributed by atoms with Gasteiger partial charge >= 0.3 is 0 Å². The predicted octanol–water partition coefficient (Wildman–Crippen LogP) is 1.77. The van der Waals surface area contributed by atoms with Crippen LogP contribution in [0.3, 0.4) is 0 Å². The van der Waals surface area contributed by atoms with Gasteiger partial charge in [-0.3, -0.25) is 4.79 Å². The van der Waals surface area contributed by atoms with Gasteiger partial charge in [-0.2, -0.15) is 11.8 Å². The minimum Gasteiger partial charge on any atom is -0.348 e. The number of nitrogens with one attached hydrogen (secondary N) is 2. The van der Waals surface area contributed by atoms with E-state index in [1.807, 2.05) is 11.8 Å². The molecule has 0 radical (unpaired) electrons. The van der Waals surface area contributed by atoms with Crippen LogP contribution in [0.2, 0.25) is 0 Å². The summed E-state index contributed by atoms with van der Waals surface area (Å²) in [7, 11) is 0. The first-order chi connectivity index (χ1) is 9.22. The molecule has 1 aliphatic rings. The molecule has 1 aliphatic carbocycles. The fourth-order valence-electron chi connectivity index (χ4n) is 2.39. The van der Waals surface area contributed by atoms with Gasteiger partial charge in [-0.25, -0.2) is 10.8 Å². The first kappa shape index (κ1) is 14.1. The molecule has 0 aliphatic heterocycles. The van der Waals surface area contributed by atoms with Crippen molar-refractivity contribution in [1.82, 2.24) is 10.3 Å². The van der Waals surface area contributed by atoms with Gasteiger partial charge in [0.1, 0.15) is 11.5 Å². The van der Waals surface area contributed by atoms with E-state index in [4.69, 9.17) is 5.84 Å². The first-order valence-electron chi connectivity index (χ1n) is 6.50. The number of thioether (sulfide) groups is 1. The van der Waals surface area contributed by atoms with Crippen molar-refractivity contribution >= 4 is 23.5 Å². The molecule has 6 heteroatoms. The van der Waals surface area contributed by atoms with Crippen molar-refractivity contribution < 1.29 is 4.79 Å². The highest BCUT2D eigenvalue weighted by Gasteiger charge is 2.23. The number of carbonyl (C=O) groups is 1. The monoisotopic (exact) mass is 280 g/mol. The Morgan fingerprint density at radius 2 is 2.32 bits per heavy atom. The molecule has 5 nitrogen and oxygen atoms in total. The molecule has 1 amide bonds. The molecule has 0 spiro atoms. The normalized spacial score (nSPS) is 22.8. The second kappa shape index (κ2) is 6.77. The number of amides is 1. The van der Waals surface area contributed by atoms with Crippen LogP contribution in [0.4, 0.5) is 5.82 Å². The maximum absolute atomic E-state index is 12.1. The molecule has 19 heavy (non-hydrogen) atoms. The number of carbonyl (C=O) groups excluding carboxylic acids is 1. The molecule has 104 valence electrons. The summed E-state index contributed by atoms with van der Waals surface area (Å²) in [6.07, 6.45) is 6.65. The summed E-state index contributed by atoms with van der Waals surface area (Å²) in [6, 6.07) is 5.45. The minimum absolute atomic E-state index is 0.121. The third-order valence-corrected chi connectivity index (χ3v) is 4.52. The van der Waals surface area contributed by atoms with Gasteiger partial charge in [-0.15, -0.1) is 0 Å². The maximum atomic E-state index is 12.1. The minimum atomic E-state index is -0.121. The number of hydrazine groups is 1. The fourth-order valence-corrected chi connectivity index (χ4v) is 3.22. The zero-order chi connectivity index (χ0) is 13.7. The lowest BCUT2D eigenvalue weighted by Crippen LogP contribution is -2.39. The summed E-state index contributed by atoms with van der Waals surface area (Å²) in [5.74, 6) is 5.67. The van der Waals surface area contributed by atoms with Crippen LogP contribution in [0.15, 0.2) is 18.2 Å². The average molecular weight is 280 g/mol. The van der Waals surface area contributed by atoms with E-state index in [9.17, 15) is 4.79 Å². The molecule has 0 saturated heterocycles. The highest BCUT2D eigenvalue weighted by molar-refractivity contribution is 7.99. The van der Waals surface area contributed by atoms with Crippen molar-refractivity contribution in [3.05, 3.63) is 23.9 Å². The smallest absolute Gasteiger partial charge is 0.270 e. The Hall–Kier alpha value is -1.27. The molecule has 1 heterocycles. The van der Waals surface area contributed by atoms with Crippen LogP contribution in [0.1, 0.15) is 36.2 Å². The van der Waals surface area contributed by atoms with E-state index in [1.165, 1.54) is 12.8 Å². The molecule has 1 saturated carbocycles. The third kappa shape index (κ3) is 3.84. The number of nitrogens with zero attached hydrogens (tertiary/aromatic N) is 1. The molecule has 4 N–H and O–H groups in total. The van der Waals surface area contributed by atoms with Crippen LogP contribution in [-0.2, 0) is 0 Å². The van der Waals surface area contributed by atoms with Gasteiger partial charge in [-0.05, 0) is 37.7 Å². The van der Waals surface area contributed by atoms with E-state index in [-0.39, 0.29) is 11.9 Å². The largest absolute Gasteiger partial charge is 0.348 e. The van der Waals surface area contributed by atoms with Crippen molar-refractivity contribution in [2.75, 3.05) is 11.7 Å². The van der Waals surface area contributed by atoms with Crippen LogP contribution in [0.25, 0.3) is 0 Å². The zero-order valence-electron chi connectivity index (χ0n) is 11.1. The molecular weight excluding hydrogens is 260 g/mol. The highest BCUT2D eigenvalue weighted by Crippen LogP contribution is 2.27. The van der Waals surface area contributed by atoms with E-state index >= 15 is 0 Å². The van der Waals surface area contributed by atoms with Crippen molar-refractivity contribution in [1.29, 1.82) is 0 Å². The Morgan fingerprint density at radius 3 is 3.05 bits per heavy atom. The number of pyridine rings is 1. The van der Waals surface area contributed by atoms with Gasteiger partial charge in [0.25, 0.3) is 5.91 Å². The molecule has 0 aromatic carbocycles. The Bertz CT molecular complexity index is 440. The molecule has 1 aromatic heterocycles. The second-order valence-corrected chi connectivity index (χ2v) is 5.89. The summed E-state index contributed by atoms with van der Waals surface area (Å²) in [5.41, 5.74) is 2.85. The number of aromatic nitrogens is 1. The number of hydrogen-bond donors (Lipinski definition) is 3. The molecule has 2 rings (SSSR count). The van der Waals surface area contributed by atoms with Crippen molar-refractivity contribution in [3.63, 3.8) is 0 Å². The van der Waals surface area contributed by atoms with Crippen LogP contribution in [0.5, 0.6) is 0 Å². The Labute approximate surface area is 117 Å². The second-order valence-electron chi connectivity index (χ2n) is 4.75. The zero-order valence-corrected chi connectivity index (χ0v) is 11.9. The summed E-state index contributed by atoms with van der Waals surface area (Å²) in [5, 5.41) is 3.72. The van der Waals surface area contributed by atoms with E-state index in [0.29, 0.717) is 16.8 Å². The van der Waals surface area contributed by atoms with Crippen LogP contribution in [-0.4, -0.2) is 28.4 Å². The Kier molecular flexibility index (Phi) is 5.04. The SMILES string of the molecule is CSC1CCCC(NC(=O)c2cccc(NN)n2)C1. The van der Waals surface area contributed by atoms with Gasteiger partial charge < -0.3 is 10.7 Å². The molecule has 1 fully saturated rings. The molecular formula is C13H20N4OS. The lowest BCUT2D eigenvalue weighted by molar-refractivity contribution is 0.0923. The van der Waals surface area contributed by atoms with E-state index in [1.54, 1.807) is 18.2 Å². The van der Waals surface area contributed by atoms with Gasteiger partial charge in [0.05, 0.1) is 0 Å². The standard InChI is InChI=1S/C13H20N4OS/c1-19-10-5-2-4-9(8-10)15-13(18)11-6-3-7-12(16-11)17-14/h3,6-7,9-10H,2,4-5,8,14H2,1H3,(H,15,18)(H,16,17). The van der Waals surface area contributed by atoms with Gasteiger partial charge in [0.2, 0.25) is 0 Å². The van der Waals surface area contributed by atoms with Gasteiger partial charge in [0, 0.05) is 11.3 Å². The van der Waals surface area contributed by atoms with Crippen molar-refractivity contribution in [2.45, 2.75) is 37.0 Å². The quantitative estimate of drug-likeness (QED) is 0.578. The number of anilines is 1. The summed E-state index contributed by atoms with van der Waals surface area (Å²) < 4.78 is 0. The number of hydrogen-bond acceptors (Lipinski definition) is 5. The van der Waals surface area contributed by atoms with Crippen molar-refractivity contribution in [2.24, 2.45) is 5.84 Å². The van der Waals surface area contributed by atoms with Crippen molar-refractivity contribution in [3.8, 4) is 0 Å². The summed E-state index contributed by atoms with van der Waals surface area (Å²) >= 11 is 1.89. The van der Waals surface area contributed by atoms with Gasteiger partial charge in [-0.1, -0.05) is 12.5 Å². The van der Waals surface area contributed by atoms with E-state index in [0.717, 1.165) is 12.8 Å². The Morgan fingerprint density at radius 1 is 1.47 bits per heavy atom. The van der Waals surface area contributed by atoms with Gasteiger partial charge in [0.15, 0.2) is 0 Å². The molecule has 1 aromatic rings. The topological polar surface area (TPSA) is 80.0 Å². The number of rotatable bonds is 4. The number of nitrogens with two attached hydrogens (primary N) is 1. The fraction of sp³-hybridized carbons (Fsp3) is 0.538. The van der Waals surface area contributed by atoms with Crippen LogP contribution in [0, 0.1) is 0 Å².